The van der Waals surface area contributed by atoms with Gasteiger partial charge in [-0.1, -0.05) is 12.8 Å². The van der Waals surface area contributed by atoms with Gasteiger partial charge >= 0.3 is 0 Å². The van der Waals surface area contributed by atoms with Crippen molar-refractivity contribution >= 4 is 0 Å². The van der Waals surface area contributed by atoms with Crippen molar-refractivity contribution in [3.05, 3.63) is 0 Å². The predicted octanol–water partition coefficient (Wildman–Crippen LogP) is 2.33. The van der Waals surface area contributed by atoms with Crippen molar-refractivity contribution in [1.82, 2.24) is 0 Å². The highest BCUT2D eigenvalue weighted by molar-refractivity contribution is 4.81. The van der Waals surface area contributed by atoms with Gasteiger partial charge in [-0.2, -0.15) is 0 Å². The van der Waals surface area contributed by atoms with E-state index in [1.54, 1.807) is 0 Å². The lowest BCUT2D eigenvalue weighted by Crippen LogP contribution is -2.43. The van der Waals surface area contributed by atoms with Gasteiger partial charge < -0.3 is 9.47 Å². The van der Waals surface area contributed by atoms with E-state index in [1.165, 1.54) is 25.7 Å². The van der Waals surface area contributed by atoms with Crippen LogP contribution in [-0.4, -0.2) is 19.0 Å². The molecule has 1 heterocycles. The molecular weight excluding hydrogens is 152 g/mol. The van der Waals surface area contributed by atoms with Crippen molar-refractivity contribution in [1.29, 1.82) is 0 Å². The van der Waals surface area contributed by atoms with E-state index < -0.39 is 0 Å². The van der Waals surface area contributed by atoms with Crippen LogP contribution in [0.2, 0.25) is 0 Å². The summed E-state index contributed by atoms with van der Waals surface area (Å²) in [5, 5.41) is 0. The molecule has 0 bridgehead atoms. The molecule has 0 aromatic heterocycles. The van der Waals surface area contributed by atoms with Gasteiger partial charge in [0, 0.05) is 5.92 Å². The molecule has 0 atom stereocenters. The largest absolute Gasteiger partial charge is 0.350 e. The molecule has 2 rings (SSSR count). The summed E-state index contributed by atoms with van der Waals surface area (Å²) in [7, 11) is 0. The summed E-state index contributed by atoms with van der Waals surface area (Å²) in [6, 6.07) is 0. The number of rotatable bonds is 1. The van der Waals surface area contributed by atoms with Crippen LogP contribution in [0.25, 0.3) is 0 Å². The van der Waals surface area contributed by atoms with Crippen LogP contribution in [-0.2, 0) is 9.47 Å². The highest BCUT2D eigenvalue weighted by Gasteiger charge is 2.39. The third kappa shape index (κ3) is 1.50. The fourth-order valence-corrected chi connectivity index (χ4v) is 2.34. The zero-order chi connectivity index (χ0) is 8.44. The Hall–Kier alpha value is -0.0800. The Morgan fingerprint density at radius 1 is 1.00 bits per heavy atom. The average Bonchev–Trinajstić information content (AvgIpc) is 2.58. The Bertz CT molecular complexity index is 144. The van der Waals surface area contributed by atoms with Crippen molar-refractivity contribution in [2.45, 2.75) is 44.8 Å². The Morgan fingerprint density at radius 3 is 2.17 bits per heavy atom. The maximum atomic E-state index is 5.73. The molecule has 2 fully saturated rings. The van der Waals surface area contributed by atoms with E-state index >= 15 is 0 Å². The Morgan fingerprint density at radius 2 is 1.58 bits per heavy atom. The van der Waals surface area contributed by atoms with Gasteiger partial charge in [0.05, 0.1) is 13.2 Å². The predicted molar refractivity (Wildman–Crippen MR) is 46.9 cm³/mol. The molecule has 1 saturated heterocycles. The quantitative estimate of drug-likeness (QED) is 0.601. The third-order valence-electron chi connectivity index (χ3n) is 3.16. The highest BCUT2D eigenvalue weighted by atomic mass is 16.7. The number of ether oxygens (including phenoxy) is 2. The third-order valence-corrected chi connectivity index (χ3v) is 3.16. The van der Waals surface area contributed by atoms with Crippen LogP contribution in [0.1, 0.15) is 39.0 Å². The van der Waals surface area contributed by atoms with Crippen molar-refractivity contribution in [2.24, 2.45) is 5.92 Å². The summed E-state index contributed by atoms with van der Waals surface area (Å²) >= 11 is 0. The molecule has 1 aliphatic carbocycles. The summed E-state index contributed by atoms with van der Waals surface area (Å²) < 4.78 is 11.5. The molecule has 2 heteroatoms. The van der Waals surface area contributed by atoms with E-state index in [0.29, 0.717) is 5.92 Å². The highest BCUT2D eigenvalue weighted by Crippen LogP contribution is 2.38. The van der Waals surface area contributed by atoms with Crippen molar-refractivity contribution < 1.29 is 9.47 Å². The molecular formula is C10H18O2. The first-order valence-electron chi connectivity index (χ1n) is 5.09. The molecule has 70 valence electrons. The van der Waals surface area contributed by atoms with E-state index in [1.807, 2.05) is 0 Å². The van der Waals surface area contributed by atoms with Gasteiger partial charge in [0.25, 0.3) is 0 Å². The molecule has 0 amide bonds. The molecule has 2 nitrogen and oxygen atoms in total. The molecule has 0 aromatic carbocycles. The lowest BCUT2D eigenvalue weighted by molar-refractivity contribution is -0.282. The molecule has 0 aromatic rings. The molecule has 2 aliphatic rings. The van der Waals surface area contributed by atoms with Crippen LogP contribution in [0.15, 0.2) is 0 Å². The summed E-state index contributed by atoms with van der Waals surface area (Å²) in [5.41, 5.74) is 0. The monoisotopic (exact) mass is 170 g/mol. The van der Waals surface area contributed by atoms with Gasteiger partial charge in [0.2, 0.25) is 0 Å². The van der Waals surface area contributed by atoms with Crippen molar-refractivity contribution in [3.63, 3.8) is 0 Å². The summed E-state index contributed by atoms with van der Waals surface area (Å²) in [5.74, 6) is 0.409. The zero-order valence-corrected chi connectivity index (χ0v) is 7.84. The average molecular weight is 170 g/mol. The second-order valence-corrected chi connectivity index (χ2v) is 4.05. The van der Waals surface area contributed by atoms with Gasteiger partial charge in [-0.3, -0.25) is 0 Å². The van der Waals surface area contributed by atoms with Crippen LogP contribution >= 0.6 is 0 Å². The SMILES string of the molecule is CC1(C2CCCC2)OCCCO1. The molecule has 1 saturated carbocycles. The summed E-state index contributed by atoms with van der Waals surface area (Å²) in [6.45, 7) is 3.88. The van der Waals surface area contributed by atoms with Gasteiger partial charge in [-0.15, -0.1) is 0 Å². The van der Waals surface area contributed by atoms with Crippen LogP contribution in [0.4, 0.5) is 0 Å². The number of hydrogen-bond donors (Lipinski definition) is 0. The fourth-order valence-electron chi connectivity index (χ4n) is 2.34. The second-order valence-electron chi connectivity index (χ2n) is 4.05. The molecule has 0 radical (unpaired) electrons. The van der Waals surface area contributed by atoms with E-state index in [9.17, 15) is 0 Å². The number of hydrogen-bond acceptors (Lipinski definition) is 2. The molecule has 12 heavy (non-hydrogen) atoms. The Labute approximate surface area is 74.2 Å². The topological polar surface area (TPSA) is 18.5 Å². The minimum absolute atomic E-state index is 0.241. The standard InChI is InChI=1S/C10H18O2/c1-10(9-5-2-3-6-9)11-7-4-8-12-10/h9H,2-8H2,1H3. The minimum atomic E-state index is -0.241. The first-order chi connectivity index (χ1) is 5.81. The first-order valence-corrected chi connectivity index (χ1v) is 5.09. The van der Waals surface area contributed by atoms with E-state index in [0.717, 1.165) is 19.6 Å². The molecule has 0 N–H and O–H groups in total. The van der Waals surface area contributed by atoms with Crippen molar-refractivity contribution in [2.75, 3.05) is 13.2 Å². The minimum Gasteiger partial charge on any atom is -0.350 e. The van der Waals surface area contributed by atoms with Gasteiger partial charge in [0.15, 0.2) is 5.79 Å². The summed E-state index contributed by atoms with van der Waals surface area (Å²) in [6.07, 6.45) is 6.34. The van der Waals surface area contributed by atoms with Crippen LogP contribution < -0.4 is 0 Å². The zero-order valence-electron chi connectivity index (χ0n) is 7.84. The lowest BCUT2D eigenvalue weighted by Gasteiger charge is -2.38. The molecule has 1 aliphatic heterocycles. The smallest absolute Gasteiger partial charge is 0.168 e. The van der Waals surface area contributed by atoms with Crippen molar-refractivity contribution in [3.8, 4) is 0 Å². The van der Waals surface area contributed by atoms with Crippen LogP contribution in [0, 0.1) is 5.92 Å². The van der Waals surface area contributed by atoms with Gasteiger partial charge in [-0.25, -0.2) is 0 Å². The van der Waals surface area contributed by atoms with E-state index in [-0.39, 0.29) is 5.79 Å². The Balaban J connectivity index is 1.97. The summed E-state index contributed by atoms with van der Waals surface area (Å²) in [4.78, 5) is 0. The van der Waals surface area contributed by atoms with Crippen LogP contribution in [0.3, 0.4) is 0 Å². The Kier molecular flexibility index (Phi) is 2.37. The van der Waals surface area contributed by atoms with Crippen LogP contribution in [0.5, 0.6) is 0 Å². The molecule has 0 spiro atoms. The maximum absolute atomic E-state index is 5.73. The second kappa shape index (κ2) is 3.35. The van der Waals surface area contributed by atoms with E-state index in [2.05, 4.69) is 6.92 Å². The van der Waals surface area contributed by atoms with Gasteiger partial charge in [-0.05, 0) is 26.2 Å². The fraction of sp³-hybridized carbons (Fsp3) is 1.00. The van der Waals surface area contributed by atoms with Gasteiger partial charge in [0.1, 0.15) is 0 Å². The van der Waals surface area contributed by atoms with E-state index in [4.69, 9.17) is 9.47 Å². The first kappa shape index (κ1) is 8.52. The maximum Gasteiger partial charge on any atom is 0.168 e. The molecule has 0 unspecified atom stereocenters. The lowest BCUT2D eigenvalue weighted by atomic mass is 9.97. The normalized spacial score (nSPS) is 30.8.